The first-order chi connectivity index (χ1) is 9.76. The normalized spacial score (nSPS) is 22.9. The fraction of sp³-hybridized carbons (Fsp3) is 0.467. The van der Waals surface area contributed by atoms with Gasteiger partial charge in [0.25, 0.3) is 0 Å². The minimum absolute atomic E-state index is 0.0130. The van der Waals surface area contributed by atoms with Crippen LogP contribution in [0.3, 0.4) is 0 Å². The van der Waals surface area contributed by atoms with Crippen LogP contribution in [0.4, 0.5) is 0 Å². The Labute approximate surface area is 123 Å². The number of piperidine rings is 1. The molecule has 5 heteroatoms. The van der Waals surface area contributed by atoms with Crippen molar-refractivity contribution in [3.05, 3.63) is 42.0 Å². The number of rotatable bonds is 4. The number of thioether (sulfide) groups is 1. The molecule has 1 aromatic heterocycles. The van der Waals surface area contributed by atoms with Gasteiger partial charge in [-0.05, 0) is 38.4 Å². The number of aromatic nitrogens is 2. The highest BCUT2D eigenvalue weighted by Gasteiger charge is 2.34. The van der Waals surface area contributed by atoms with E-state index in [0.29, 0.717) is 0 Å². The SMILES string of the molecule is CC1(c2nc(CSc3ccccc3)no2)CCCNC1. The van der Waals surface area contributed by atoms with E-state index in [1.807, 2.05) is 18.2 Å². The Bertz CT molecular complexity index is 549. The number of hydrogen-bond acceptors (Lipinski definition) is 5. The van der Waals surface area contributed by atoms with Crippen molar-refractivity contribution in [2.75, 3.05) is 13.1 Å². The molecule has 3 rings (SSSR count). The fourth-order valence-corrected chi connectivity index (χ4v) is 3.22. The summed E-state index contributed by atoms with van der Waals surface area (Å²) in [6.07, 6.45) is 2.26. The van der Waals surface area contributed by atoms with Gasteiger partial charge in [-0.2, -0.15) is 4.98 Å². The Hall–Kier alpha value is -1.33. The van der Waals surface area contributed by atoms with E-state index in [1.165, 1.54) is 4.90 Å². The Morgan fingerprint density at radius 1 is 1.35 bits per heavy atom. The van der Waals surface area contributed by atoms with Gasteiger partial charge in [-0.25, -0.2) is 0 Å². The molecule has 20 heavy (non-hydrogen) atoms. The molecule has 0 bridgehead atoms. The van der Waals surface area contributed by atoms with Crippen LogP contribution in [0.15, 0.2) is 39.8 Å². The van der Waals surface area contributed by atoms with Crippen LogP contribution in [0.1, 0.15) is 31.5 Å². The van der Waals surface area contributed by atoms with Gasteiger partial charge in [0, 0.05) is 11.4 Å². The summed E-state index contributed by atoms with van der Waals surface area (Å²) in [7, 11) is 0. The Kier molecular flexibility index (Phi) is 4.08. The predicted molar refractivity (Wildman–Crippen MR) is 79.8 cm³/mol. The van der Waals surface area contributed by atoms with Crippen molar-refractivity contribution < 1.29 is 4.52 Å². The molecule has 1 N–H and O–H groups in total. The van der Waals surface area contributed by atoms with Crippen LogP contribution in [0.25, 0.3) is 0 Å². The number of nitrogens with zero attached hydrogens (tertiary/aromatic N) is 2. The maximum Gasteiger partial charge on any atom is 0.233 e. The zero-order valence-electron chi connectivity index (χ0n) is 11.6. The van der Waals surface area contributed by atoms with Crippen LogP contribution in [0.2, 0.25) is 0 Å². The summed E-state index contributed by atoms with van der Waals surface area (Å²) in [6.45, 7) is 4.20. The third-order valence-electron chi connectivity index (χ3n) is 3.69. The third-order valence-corrected chi connectivity index (χ3v) is 4.70. The smallest absolute Gasteiger partial charge is 0.233 e. The van der Waals surface area contributed by atoms with E-state index in [-0.39, 0.29) is 5.41 Å². The second-order valence-corrected chi connectivity index (χ2v) is 6.51. The molecule has 2 aromatic rings. The van der Waals surface area contributed by atoms with Crippen LogP contribution in [0.5, 0.6) is 0 Å². The molecule has 1 aliphatic rings. The van der Waals surface area contributed by atoms with Crippen LogP contribution >= 0.6 is 11.8 Å². The summed E-state index contributed by atoms with van der Waals surface area (Å²) < 4.78 is 5.48. The van der Waals surface area contributed by atoms with Crippen molar-refractivity contribution in [1.29, 1.82) is 0 Å². The summed E-state index contributed by atoms with van der Waals surface area (Å²) in [4.78, 5) is 5.81. The van der Waals surface area contributed by atoms with E-state index in [9.17, 15) is 0 Å². The van der Waals surface area contributed by atoms with Crippen LogP contribution in [-0.4, -0.2) is 23.2 Å². The highest BCUT2D eigenvalue weighted by molar-refractivity contribution is 7.98. The largest absolute Gasteiger partial charge is 0.339 e. The van der Waals surface area contributed by atoms with Gasteiger partial charge in [-0.1, -0.05) is 23.4 Å². The lowest BCUT2D eigenvalue weighted by Crippen LogP contribution is -2.41. The lowest BCUT2D eigenvalue weighted by molar-refractivity contribution is 0.245. The van der Waals surface area contributed by atoms with E-state index in [1.54, 1.807) is 11.8 Å². The average Bonchev–Trinajstić information content (AvgIpc) is 2.97. The third kappa shape index (κ3) is 3.04. The first-order valence-corrected chi connectivity index (χ1v) is 7.96. The van der Waals surface area contributed by atoms with Gasteiger partial charge >= 0.3 is 0 Å². The highest BCUT2D eigenvalue weighted by Crippen LogP contribution is 2.30. The zero-order valence-corrected chi connectivity index (χ0v) is 12.4. The Morgan fingerprint density at radius 3 is 2.95 bits per heavy atom. The maximum atomic E-state index is 5.48. The number of nitrogens with one attached hydrogen (secondary N) is 1. The van der Waals surface area contributed by atoms with Crippen molar-refractivity contribution in [2.24, 2.45) is 0 Å². The topological polar surface area (TPSA) is 51.0 Å². The summed E-state index contributed by atoms with van der Waals surface area (Å²) in [6, 6.07) is 10.3. The predicted octanol–water partition coefficient (Wildman–Crippen LogP) is 3.00. The van der Waals surface area contributed by atoms with Crippen molar-refractivity contribution in [1.82, 2.24) is 15.5 Å². The average molecular weight is 289 g/mol. The standard InChI is InChI=1S/C15H19N3OS/c1-15(8-5-9-16-11-15)14-17-13(18-19-14)10-20-12-6-3-2-4-7-12/h2-4,6-7,16H,5,8-11H2,1H3. The van der Waals surface area contributed by atoms with E-state index in [2.05, 4.69) is 34.5 Å². The molecule has 0 saturated carbocycles. The Morgan fingerprint density at radius 2 is 2.20 bits per heavy atom. The van der Waals surface area contributed by atoms with Gasteiger partial charge in [0.2, 0.25) is 5.89 Å². The number of benzene rings is 1. The van der Waals surface area contributed by atoms with Gasteiger partial charge in [-0.15, -0.1) is 11.8 Å². The van der Waals surface area contributed by atoms with Crippen LogP contribution < -0.4 is 5.32 Å². The molecule has 1 aromatic carbocycles. The molecule has 0 aliphatic carbocycles. The van der Waals surface area contributed by atoms with E-state index < -0.39 is 0 Å². The Balaban J connectivity index is 1.65. The molecule has 1 saturated heterocycles. The molecule has 106 valence electrons. The molecular formula is C15H19N3OS. The summed E-state index contributed by atoms with van der Waals surface area (Å²) in [5.74, 6) is 2.30. The molecule has 1 fully saturated rings. The summed E-state index contributed by atoms with van der Waals surface area (Å²) in [5, 5.41) is 7.52. The van der Waals surface area contributed by atoms with Crippen molar-refractivity contribution >= 4 is 11.8 Å². The minimum atomic E-state index is -0.0130. The van der Waals surface area contributed by atoms with E-state index in [0.717, 1.165) is 43.4 Å². The maximum absolute atomic E-state index is 5.48. The first-order valence-electron chi connectivity index (χ1n) is 6.98. The molecule has 2 heterocycles. The molecular weight excluding hydrogens is 270 g/mol. The second kappa shape index (κ2) is 5.97. The minimum Gasteiger partial charge on any atom is -0.339 e. The molecule has 1 atom stereocenters. The molecule has 4 nitrogen and oxygen atoms in total. The quantitative estimate of drug-likeness (QED) is 0.877. The highest BCUT2D eigenvalue weighted by atomic mass is 32.2. The van der Waals surface area contributed by atoms with E-state index >= 15 is 0 Å². The zero-order chi connectivity index (χ0) is 13.8. The first kappa shape index (κ1) is 13.6. The number of hydrogen-bond donors (Lipinski definition) is 1. The molecule has 0 amide bonds. The molecule has 0 spiro atoms. The van der Waals surface area contributed by atoms with Gasteiger partial charge in [0.05, 0.1) is 11.2 Å². The van der Waals surface area contributed by atoms with Crippen LogP contribution in [-0.2, 0) is 11.2 Å². The van der Waals surface area contributed by atoms with Crippen molar-refractivity contribution in [2.45, 2.75) is 35.8 Å². The van der Waals surface area contributed by atoms with Crippen molar-refractivity contribution in [3.63, 3.8) is 0 Å². The monoisotopic (exact) mass is 289 g/mol. The van der Waals surface area contributed by atoms with Gasteiger partial charge in [-0.3, -0.25) is 0 Å². The lowest BCUT2D eigenvalue weighted by atomic mass is 9.83. The summed E-state index contributed by atoms with van der Waals surface area (Å²) in [5.41, 5.74) is -0.0130. The van der Waals surface area contributed by atoms with Gasteiger partial charge < -0.3 is 9.84 Å². The molecule has 1 aliphatic heterocycles. The molecule has 0 radical (unpaired) electrons. The van der Waals surface area contributed by atoms with E-state index in [4.69, 9.17) is 4.52 Å². The molecule has 1 unspecified atom stereocenters. The van der Waals surface area contributed by atoms with Crippen LogP contribution in [0, 0.1) is 0 Å². The van der Waals surface area contributed by atoms with Crippen molar-refractivity contribution in [3.8, 4) is 0 Å². The summed E-state index contributed by atoms with van der Waals surface area (Å²) >= 11 is 1.73. The lowest BCUT2D eigenvalue weighted by Gasteiger charge is -2.30. The van der Waals surface area contributed by atoms with Gasteiger partial charge in [0.15, 0.2) is 5.82 Å². The van der Waals surface area contributed by atoms with Gasteiger partial charge in [0.1, 0.15) is 0 Å². The fourth-order valence-electron chi connectivity index (χ4n) is 2.46. The second-order valence-electron chi connectivity index (χ2n) is 5.46.